The Kier molecular flexibility index (Phi) is 2.37. The second-order valence-electron chi connectivity index (χ2n) is 3.15. The molecule has 0 amide bonds. The summed E-state index contributed by atoms with van der Waals surface area (Å²) >= 11 is 3.48. The van der Waals surface area contributed by atoms with Crippen molar-refractivity contribution in [3.8, 4) is 11.3 Å². The number of nitrogens with zero attached hydrogens (tertiary/aromatic N) is 3. The second kappa shape index (κ2) is 3.53. The van der Waals surface area contributed by atoms with Crippen molar-refractivity contribution in [3.05, 3.63) is 34.7 Å². The highest BCUT2D eigenvalue weighted by Crippen LogP contribution is 2.27. The van der Waals surface area contributed by atoms with Crippen molar-refractivity contribution >= 4 is 15.9 Å². The molecule has 72 valence electrons. The lowest BCUT2D eigenvalue weighted by molar-refractivity contribution is 0.775. The first-order valence-electron chi connectivity index (χ1n) is 4.29. The third-order valence-corrected chi connectivity index (χ3v) is 2.72. The molecule has 0 aliphatic carbocycles. The van der Waals surface area contributed by atoms with Crippen molar-refractivity contribution in [2.24, 2.45) is 7.05 Å². The van der Waals surface area contributed by atoms with Crippen molar-refractivity contribution in [2.75, 3.05) is 0 Å². The Balaban J connectivity index is 2.62. The molecule has 0 atom stereocenters. The first-order valence-corrected chi connectivity index (χ1v) is 5.08. The minimum atomic E-state index is 0.992. The van der Waals surface area contributed by atoms with E-state index in [1.807, 2.05) is 37.0 Å². The van der Waals surface area contributed by atoms with Gasteiger partial charge in [-0.25, -0.2) is 0 Å². The van der Waals surface area contributed by atoms with Gasteiger partial charge in [-0.05, 0) is 35.0 Å². The first-order chi connectivity index (χ1) is 6.68. The van der Waals surface area contributed by atoms with Crippen molar-refractivity contribution in [3.63, 3.8) is 0 Å². The van der Waals surface area contributed by atoms with Gasteiger partial charge in [-0.3, -0.25) is 9.67 Å². The van der Waals surface area contributed by atoms with Gasteiger partial charge in [0.1, 0.15) is 0 Å². The highest BCUT2D eigenvalue weighted by molar-refractivity contribution is 9.10. The zero-order chi connectivity index (χ0) is 10.1. The van der Waals surface area contributed by atoms with Crippen LogP contribution in [0.5, 0.6) is 0 Å². The van der Waals surface area contributed by atoms with E-state index < -0.39 is 0 Å². The summed E-state index contributed by atoms with van der Waals surface area (Å²) in [4.78, 5) is 4.20. The van der Waals surface area contributed by atoms with Gasteiger partial charge >= 0.3 is 0 Å². The molecule has 0 N–H and O–H groups in total. The van der Waals surface area contributed by atoms with Crippen LogP contribution < -0.4 is 0 Å². The summed E-state index contributed by atoms with van der Waals surface area (Å²) < 4.78 is 2.84. The van der Waals surface area contributed by atoms with Crippen LogP contribution in [-0.4, -0.2) is 14.8 Å². The standard InChI is InChI=1S/C10H10BrN3/c1-7-5-8(9(11)6-12-7)10-3-4-13-14(10)2/h3-6H,1-2H3. The van der Waals surface area contributed by atoms with E-state index in [4.69, 9.17) is 0 Å². The van der Waals surface area contributed by atoms with Gasteiger partial charge in [0.25, 0.3) is 0 Å². The molecule has 14 heavy (non-hydrogen) atoms. The molecule has 2 rings (SSSR count). The summed E-state index contributed by atoms with van der Waals surface area (Å²) in [5.41, 5.74) is 3.21. The molecule has 0 unspecified atom stereocenters. The van der Waals surface area contributed by atoms with Gasteiger partial charge < -0.3 is 0 Å². The molecule has 2 aromatic rings. The first kappa shape index (κ1) is 9.40. The van der Waals surface area contributed by atoms with E-state index >= 15 is 0 Å². The quantitative estimate of drug-likeness (QED) is 0.780. The molecule has 0 fully saturated rings. The average Bonchev–Trinajstić information content (AvgIpc) is 2.56. The van der Waals surface area contributed by atoms with Crippen LogP contribution in [0.15, 0.2) is 29.0 Å². The van der Waals surface area contributed by atoms with Gasteiger partial charge in [-0.15, -0.1) is 0 Å². The van der Waals surface area contributed by atoms with E-state index in [2.05, 4.69) is 26.0 Å². The Morgan fingerprint density at radius 2 is 2.21 bits per heavy atom. The zero-order valence-corrected chi connectivity index (χ0v) is 9.62. The largest absolute Gasteiger partial charge is 0.268 e. The molecule has 4 heteroatoms. The van der Waals surface area contributed by atoms with Crippen LogP contribution in [0.2, 0.25) is 0 Å². The molecule has 0 saturated carbocycles. The Morgan fingerprint density at radius 3 is 2.86 bits per heavy atom. The van der Waals surface area contributed by atoms with E-state index in [0.717, 1.165) is 21.4 Å². The summed E-state index contributed by atoms with van der Waals surface area (Å²) in [7, 11) is 1.93. The summed E-state index contributed by atoms with van der Waals surface area (Å²) in [5.74, 6) is 0. The highest BCUT2D eigenvalue weighted by atomic mass is 79.9. The Hall–Kier alpha value is -1.16. The number of rotatable bonds is 1. The molecule has 0 aliphatic rings. The predicted molar refractivity (Wildman–Crippen MR) is 58.9 cm³/mol. The maximum absolute atomic E-state index is 4.20. The van der Waals surface area contributed by atoms with E-state index in [1.54, 1.807) is 6.20 Å². The topological polar surface area (TPSA) is 30.7 Å². The molecule has 0 radical (unpaired) electrons. The lowest BCUT2D eigenvalue weighted by atomic mass is 10.2. The summed E-state index contributed by atoms with van der Waals surface area (Å²) in [5, 5.41) is 4.14. The maximum Gasteiger partial charge on any atom is 0.0691 e. The molecule has 2 aromatic heterocycles. The van der Waals surface area contributed by atoms with Gasteiger partial charge in [0.05, 0.1) is 5.69 Å². The van der Waals surface area contributed by atoms with Crippen LogP contribution in [-0.2, 0) is 7.05 Å². The molecular weight excluding hydrogens is 242 g/mol. The molecule has 2 heterocycles. The fourth-order valence-electron chi connectivity index (χ4n) is 1.38. The predicted octanol–water partition coefficient (Wildman–Crippen LogP) is 2.55. The Labute approximate surface area is 90.9 Å². The van der Waals surface area contributed by atoms with Crippen LogP contribution in [0, 0.1) is 6.92 Å². The van der Waals surface area contributed by atoms with Crippen molar-refractivity contribution in [1.82, 2.24) is 14.8 Å². The molecular formula is C10H10BrN3. The van der Waals surface area contributed by atoms with Gasteiger partial charge in [0.2, 0.25) is 0 Å². The maximum atomic E-state index is 4.20. The second-order valence-corrected chi connectivity index (χ2v) is 4.00. The van der Waals surface area contributed by atoms with Crippen LogP contribution in [0.25, 0.3) is 11.3 Å². The number of hydrogen-bond donors (Lipinski definition) is 0. The number of aromatic nitrogens is 3. The molecule has 0 bridgehead atoms. The molecule has 0 aliphatic heterocycles. The Morgan fingerprint density at radius 1 is 1.43 bits per heavy atom. The monoisotopic (exact) mass is 251 g/mol. The van der Waals surface area contributed by atoms with Crippen LogP contribution in [0.4, 0.5) is 0 Å². The fourth-order valence-corrected chi connectivity index (χ4v) is 1.80. The fraction of sp³-hybridized carbons (Fsp3) is 0.200. The average molecular weight is 252 g/mol. The Bertz CT molecular complexity index is 462. The number of hydrogen-bond acceptors (Lipinski definition) is 2. The van der Waals surface area contributed by atoms with E-state index in [1.165, 1.54) is 0 Å². The summed E-state index contributed by atoms with van der Waals surface area (Å²) in [6.07, 6.45) is 3.61. The third-order valence-electron chi connectivity index (χ3n) is 2.09. The van der Waals surface area contributed by atoms with Gasteiger partial charge in [-0.2, -0.15) is 5.10 Å². The van der Waals surface area contributed by atoms with Gasteiger partial charge in [0, 0.05) is 35.2 Å². The SMILES string of the molecule is Cc1cc(-c2ccnn2C)c(Br)cn1. The van der Waals surface area contributed by atoms with E-state index in [9.17, 15) is 0 Å². The van der Waals surface area contributed by atoms with Gasteiger partial charge in [-0.1, -0.05) is 0 Å². The number of aryl methyl sites for hydroxylation is 2. The van der Waals surface area contributed by atoms with Crippen LogP contribution in [0.3, 0.4) is 0 Å². The van der Waals surface area contributed by atoms with Gasteiger partial charge in [0.15, 0.2) is 0 Å². The lowest BCUT2D eigenvalue weighted by Gasteiger charge is -2.05. The van der Waals surface area contributed by atoms with Crippen LogP contribution >= 0.6 is 15.9 Å². The molecule has 0 saturated heterocycles. The normalized spacial score (nSPS) is 10.5. The molecule has 3 nitrogen and oxygen atoms in total. The van der Waals surface area contributed by atoms with Crippen molar-refractivity contribution in [1.29, 1.82) is 0 Å². The third kappa shape index (κ3) is 1.57. The number of halogens is 1. The van der Waals surface area contributed by atoms with Crippen molar-refractivity contribution in [2.45, 2.75) is 6.92 Å². The van der Waals surface area contributed by atoms with E-state index in [-0.39, 0.29) is 0 Å². The highest BCUT2D eigenvalue weighted by Gasteiger charge is 2.07. The molecule has 0 spiro atoms. The molecule has 0 aromatic carbocycles. The minimum absolute atomic E-state index is 0.992. The van der Waals surface area contributed by atoms with Crippen molar-refractivity contribution < 1.29 is 0 Å². The summed E-state index contributed by atoms with van der Waals surface area (Å²) in [6, 6.07) is 4.03. The van der Waals surface area contributed by atoms with Crippen LogP contribution in [0.1, 0.15) is 5.69 Å². The smallest absolute Gasteiger partial charge is 0.0691 e. The summed E-state index contributed by atoms with van der Waals surface area (Å²) in [6.45, 7) is 1.98. The number of pyridine rings is 1. The lowest BCUT2D eigenvalue weighted by Crippen LogP contribution is -1.95. The zero-order valence-electron chi connectivity index (χ0n) is 8.03. The van der Waals surface area contributed by atoms with E-state index in [0.29, 0.717) is 0 Å². The minimum Gasteiger partial charge on any atom is -0.268 e.